The molecule has 6 heteroatoms. The van der Waals surface area contributed by atoms with Crippen LogP contribution in [0, 0.1) is 0 Å². The fourth-order valence-electron chi connectivity index (χ4n) is 3.16. The molecule has 1 aromatic carbocycles. The average molecular weight is 334 g/mol. The minimum atomic E-state index is -0.624. The third-order valence-corrected chi connectivity index (χ3v) is 4.16. The number of esters is 1. The van der Waals surface area contributed by atoms with Crippen molar-refractivity contribution in [2.75, 3.05) is 11.5 Å². The van der Waals surface area contributed by atoms with Crippen LogP contribution in [0.25, 0.3) is 5.52 Å². The van der Waals surface area contributed by atoms with Gasteiger partial charge in [0.2, 0.25) is 0 Å². The number of ether oxygens (including phenoxy) is 1. The number of hydrogen-bond acceptors (Lipinski definition) is 4. The second-order valence-electron chi connectivity index (χ2n) is 5.56. The van der Waals surface area contributed by atoms with E-state index in [2.05, 4.69) is 0 Å². The van der Waals surface area contributed by atoms with Crippen LogP contribution in [0.4, 0.5) is 5.69 Å². The lowest BCUT2D eigenvalue weighted by Gasteiger charge is -2.15. The number of amides is 2. The first kappa shape index (κ1) is 15.1. The van der Waals surface area contributed by atoms with E-state index in [1.165, 1.54) is 0 Å². The zero-order chi connectivity index (χ0) is 17.6. The zero-order valence-electron chi connectivity index (χ0n) is 13.4. The smallest absolute Gasteiger partial charge is 0.356 e. The Bertz CT molecular complexity index is 1020. The molecule has 3 heterocycles. The van der Waals surface area contributed by atoms with Crippen molar-refractivity contribution in [2.45, 2.75) is 6.92 Å². The summed E-state index contributed by atoms with van der Waals surface area (Å²) < 4.78 is 6.64. The first-order chi connectivity index (χ1) is 12.1. The summed E-state index contributed by atoms with van der Waals surface area (Å²) >= 11 is 0. The highest BCUT2D eigenvalue weighted by Crippen LogP contribution is 2.35. The van der Waals surface area contributed by atoms with E-state index in [-0.39, 0.29) is 23.4 Å². The molecule has 1 aliphatic heterocycles. The molecular formula is C19H14N2O4. The molecule has 0 spiro atoms. The average Bonchev–Trinajstić information content (AvgIpc) is 3.09. The van der Waals surface area contributed by atoms with Crippen LogP contribution in [0.3, 0.4) is 0 Å². The van der Waals surface area contributed by atoms with Crippen molar-refractivity contribution >= 4 is 29.0 Å². The summed E-state index contributed by atoms with van der Waals surface area (Å²) in [6, 6.07) is 13.9. The van der Waals surface area contributed by atoms with Crippen molar-refractivity contribution in [1.29, 1.82) is 0 Å². The molecule has 0 N–H and O–H groups in total. The minimum Gasteiger partial charge on any atom is -0.461 e. The molecule has 0 fully saturated rings. The zero-order valence-corrected chi connectivity index (χ0v) is 13.4. The van der Waals surface area contributed by atoms with Crippen molar-refractivity contribution in [3.63, 3.8) is 0 Å². The molecule has 0 radical (unpaired) electrons. The van der Waals surface area contributed by atoms with Gasteiger partial charge in [0, 0.05) is 6.20 Å². The Morgan fingerprint density at radius 3 is 2.36 bits per heavy atom. The Hall–Kier alpha value is -3.41. The predicted molar refractivity (Wildman–Crippen MR) is 90.9 cm³/mol. The number of carbonyl (C=O) groups excluding carboxylic acids is 3. The van der Waals surface area contributed by atoms with Gasteiger partial charge in [0.25, 0.3) is 11.8 Å². The number of benzene rings is 1. The molecule has 0 bridgehead atoms. The molecule has 0 atom stereocenters. The molecule has 2 amide bonds. The maximum absolute atomic E-state index is 13.0. The number of nitrogens with zero attached hydrogens (tertiary/aromatic N) is 2. The fraction of sp³-hybridized carbons (Fsp3) is 0.105. The number of rotatable bonds is 3. The van der Waals surface area contributed by atoms with Crippen molar-refractivity contribution in [1.82, 2.24) is 4.40 Å². The highest BCUT2D eigenvalue weighted by Gasteiger charge is 2.44. The molecule has 1 aliphatic rings. The fourth-order valence-corrected chi connectivity index (χ4v) is 3.16. The summed E-state index contributed by atoms with van der Waals surface area (Å²) in [6.45, 7) is 1.87. The number of anilines is 1. The van der Waals surface area contributed by atoms with Crippen LogP contribution in [0.1, 0.15) is 38.1 Å². The summed E-state index contributed by atoms with van der Waals surface area (Å²) in [5.41, 5.74) is 1.40. The normalized spacial score (nSPS) is 13.4. The lowest BCUT2D eigenvalue weighted by Crippen LogP contribution is -2.30. The van der Waals surface area contributed by atoms with Gasteiger partial charge < -0.3 is 9.14 Å². The number of imide groups is 1. The molecule has 4 rings (SSSR count). The minimum absolute atomic E-state index is 0.0873. The van der Waals surface area contributed by atoms with E-state index in [0.717, 1.165) is 4.90 Å². The number of fused-ring (bicyclic) bond motifs is 3. The van der Waals surface area contributed by atoms with E-state index >= 15 is 0 Å². The van der Waals surface area contributed by atoms with Crippen LogP contribution in [0.15, 0.2) is 54.7 Å². The molecule has 2 aromatic heterocycles. The largest absolute Gasteiger partial charge is 0.461 e. The van der Waals surface area contributed by atoms with Gasteiger partial charge in [-0.1, -0.05) is 24.3 Å². The number of aromatic nitrogens is 1. The van der Waals surface area contributed by atoms with E-state index in [0.29, 0.717) is 11.2 Å². The molecule has 0 aliphatic carbocycles. The summed E-state index contributed by atoms with van der Waals surface area (Å²) in [5.74, 6) is -1.58. The van der Waals surface area contributed by atoms with Crippen LogP contribution in [-0.2, 0) is 4.74 Å². The van der Waals surface area contributed by atoms with Crippen molar-refractivity contribution < 1.29 is 19.1 Å². The van der Waals surface area contributed by atoms with Gasteiger partial charge in [-0.2, -0.15) is 0 Å². The lowest BCUT2D eigenvalue weighted by atomic mass is 10.1. The Kier molecular flexibility index (Phi) is 3.39. The third-order valence-electron chi connectivity index (χ3n) is 4.16. The van der Waals surface area contributed by atoms with Gasteiger partial charge in [0.05, 0.1) is 28.9 Å². The first-order valence-electron chi connectivity index (χ1n) is 7.89. The highest BCUT2D eigenvalue weighted by atomic mass is 16.5. The second-order valence-corrected chi connectivity index (χ2v) is 5.56. The number of para-hydroxylation sites is 1. The van der Waals surface area contributed by atoms with E-state index < -0.39 is 17.8 Å². The highest BCUT2D eigenvalue weighted by molar-refractivity contribution is 6.38. The van der Waals surface area contributed by atoms with Gasteiger partial charge in [0.15, 0.2) is 0 Å². The summed E-state index contributed by atoms with van der Waals surface area (Å²) in [7, 11) is 0. The molecule has 124 valence electrons. The molecule has 3 aromatic rings. The van der Waals surface area contributed by atoms with Gasteiger partial charge >= 0.3 is 5.97 Å². The Morgan fingerprint density at radius 1 is 0.960 bits per heavy atom. The Morgan fingerprint density at radius 2 is 1.64 bits per heavy atom. The topological polar surface area (TPSA) is 68.1 Å². The number of hydrogen-bond donors (Lipinski definition) is 0. The monoisotopic (exact) mass is 334 g/mol. The molecule has 6 nitrogen and oxygen atoms in total. The van der Waals surface area contributed by atoms with Gasteiger partial charge in [0.1, 0.15) is 5.69 Å². The van der Waals surface area contributed by atoms with E-state index in [1.54, 1.807) is 66.1 Å². The molecule has 0 unspecified atom stereocenters. The summed E-state index contributed by atoms with van der Waals surface area (Å²) in [4.78, 5) is 39.5. The lowest BCUT2D eigenvalue weighted by molar-refractivity contribution is 0.0515. The summed E-state index contributed by atoms with van der Waals surface area (Å²) in [5, 5.41) is 0. The molecule has 0 saturated carbocycles. The van der Waals surface area contributed by atoms with Crippen molar-refractivity contribution in [3.05, 3.63) is 71.5 Å². The number of carbonyl (C=O) groups is 3. The molecule has 0 saturated heterocycles. The SMILES string of the molecule is CCOC(=O)c1c2c(c3ccccn13)C(=O)N(c1ccccc1)C2=O. The van der Waals surface area contributed by atoms with Gasteiger partial charge in [-0.3, -0.25) is 9.59 Å². The van der Waals surface area contributed by atoms with E-state index in [9.17, 15) is 14.4 Å². The van der Waals surface area contributed by atoms with Crippen molar-refractivity contribution in [3.8, 4) is 0 Å². The Balaban J connectivity index is 1.97. The van der Waals surface area contributed by atoms with Gasteiger partial charge in [-0.05, 0) is 31.2 Å². The maximum Gasteiger partial charge on any atom is 0.356 e. The second kappa shape index (κ2) is 5.59. The third kappa shape index (κ3) is 2.07. The van der Waals surface area contributed by atoms with Gasteiger partial charge in [-0.15, -0.1) is 0 Å². The van der Waals surface area contributed by atoms with Crippen LogP contribution in [0.2, 0.25) is 0 Å². The Labute approximate surface area is 143 Å². The van der Waals surface area contributed by atoms with Crippen molar-refractivity contribution in [2.24, 2.45) is 0 Å². The summed E-state index contributed by atoms with van der Waals surface area (Å²) in [6.07, 6.45) is 1.65. The number of pyridine rings is 1. The van der Waals surface area contributed by atoms with Gasteiger partial charge in [-0.25, -0.2) is 9.69 Å². The van der Waals surface area contributed by atoms with Crippen LogP contribution in [-0.4, -0.2) is 28.8 Å². The molecule has 25 heavy (non-hydrogen) atoms. The van der Waals surface area contributed by atoms with Crippen LogP contribution >= 0.6 is 0 Å². The first-order valence-corrected chi connectivity index (χ1v) is 7.89. The van der Waals surface area contributed by atoms with E-state index in [4.69, 9.17) is 4.74 Å². The predicted octanol–water partition coefficient (Wildman–Crippen LogP) is 2.92. The standard InChI is InChI=1S/C19H14N2O4/c1-2-25-19(24)16-15-14(13-10-6-7-11-20(13)16)17(22)21(18(15)23)12-8-4-3-5-9-12/h3-11H,2H2,1H3. The maximum atomic E-state index is 13.0. The van der Waals surface area contributed by atoms with Crippen LogP contribution in [0.5, 0.6) is 0 Å². The van der Waals surface area contributed by atoms with E-state index in [1.807, 2.05) is 0 Å². The molecular weight excluding hydrogens is 320 g/mol. The quantitative estimate of drug-likeness (QED) is 0.545. The van der Waals surface area contributed by atoms with Crippen LogP contribution < -0.4 is 4.90 Å².